The summed E-state index contributed by atoms with van der Waals surface area (Å²) >= 11 is 0. The van der Waals surface area contributed by atoms with Crippen LogP contribution in [-0.4, -0.2) is 25.4 Å². The molecule has 0 heterocycles. The van der Waals surface area contributed by atoms with Crippen LogP contribution in [0, 0.1) is 6.92 Å². The van der Waals surface area contributed by atoms with E-state index >= 15 is 0 Å². The molecule has 0 aromatic heterocycles. The van der Waals surface area contributed by atoms with E-state index in [0.29, 0.717) is 6.54 Å². The monoisotopic (exact) mass is 267 g/mol. The Bertz CT molecular complexity index is 458. The molecule has 104 valence electrons. The average Bonchev–Trinajstić information content (AvgIpc) is 2.33. The third kappa shape index (κ3) is 4.87. The number of nitrogens with one attached hydrogen (secondary N) is 1. The molecule has 1 aromatic carbocycles. The van der Waals surface area contributed by atoms with Gasteiger partial charge >= 0.3 is 12.2 Å². The van der Waals surface area contributed by atoms with Crippen LogP contribution in [-0.2, 0) is 4.74 Å². The Labute approximate surface area is 111 Å². The summed E-state index contributed by atoms with van der Waals surface area (Å²) in [6, 6.07) is 4.89. The molecule has 1 N–H and O–H groups in total. The first-order valence-electron chi connectivity index (χ1n) is 5.97. The zero-order chi connectivity index (χ0) is 14.3. The minimum Gasteiger partial charge on any atom is -0.434 e. The van der Waals surface area contributed by atoms with Crippen molar-refractivity contribution in [1.29, 1.82) is 0 Å². The van der Waals surface area contributed by atoms with Crippen molar-refractivity contribution in [3.8, 4) is 11.5 Å². The van der Waals surface area contributed by atoms with Crippen molar-refractivity contribution < 1.29 is 23.8 Å². The Hall–Kier alpha value is -2.24. The van der Waals surface area contributed by atoms with Gasteiger partial charge in [-0.15, -0.1) is 0 Å². The van der Waals surface area contributed by atoms with Crippen molar-refractivity contribution in [2.45, 2.75) is 20.8 Å². The number of hydrogen-bond acceptors (Lipinski definition) is 5. The third-order valence-electron chi connectivity index (χ3n) is 2.08. The first-order chi connectivity index (χ1) is 9.06. The lowest BCUT2D eigenvalue weighted by Crippen LogP contribution is -2.26. The molecule has 0 aliphatic heterocycles. The molecule has 0 aliphatic rings. The van der Waals surface area contributed by atoms with Crippen LogP contribution >= 0.6 is 0 Å². The SMILES string of the molecule is CCNC(=O)Oc1ccc(C)cc1OC(=O)OCC. The fourth-order valence-corrected chi connectivity index (χ4v) is 1.30. The quantitative estimate of drug-likeness (QED) is 0.670. The second-order valence-corrected chi connectivity index (χ2v) is 3.66. The predicted molar refractivity (Wildman–Crippen MR) is 68.5 cm³/mol. The summed E-state index contributed by atoms with van der Waals surface area (Å²) < 4.78 is 14.7. The summed E-state index contributed by atoms with van der Waals surface area (Å²) in [7, 11) is 0. The summed E-state index contributed by atoms with van der Waals surface area (Å²) in [5.74, 6) is 0.300. The van der Waals surface area contributed by atoms with Gasteiger partial charge in [-0.2, -0.15) is 0 Å². The topological polar surface area (TPSA) is 73.9 Å². The van der Waals surface area contributed by atoms with Crippen LogP contribution in [0.4, 0.5) is 9.59 Å². The van der Waals surface area contributed by atoms with E-state index in [4.69, 9.17) is 9.47 Å². The molecule has 1 amide bonds. The highest BCUT2D eigenvalue weighted by atomic mass is 16.7. The molecule has 0 radical (unpaired) electrons. The van der Waals surface area contributed by atoms with Crippen LogP contribution in [0.2, 0.25) is 0 Å². The van der Waals surface area contributed by atoms with Crippen molar-refractivity contribution in [1.82, 2.24) is 5.32 Å². The van der Waals surface area contributed by atoms with Gasteiger partial charge in [-0.1, -0.05) is 6.07 Å². The maximum Gasteiger partial charge on any atom is 0.513 e. The van der Waals surface area contributed by atoms with Gasteiger partial charge in [0.25, 0.3) is 0 Å². The number of benzene rings is 1. The van der Waals surface area contributed by atoms with E-state index in [0.717, 1.165) is 5.56 Å². The van der Waals surface area contributed by atoms with Crippen molar-refractivity contribution in [3.05, 3.63) is 23.8 Å². The zero-order valence-corrected chi connectivity index (χ0v) is 11.2. The zero-order valence-electron chi connectivity index (χ0n) is 11.2. The van der Waals surface area contributed by atoms with Crippen LogP contribution in [0.25, 0.3) is 0 Å². The standard InChI is InChI=1S/C13H17NO5/c1-4-14-12(15)18-10-7-6-9(3)8-11(10)19-13(16)17-5-2/h6-8H,4-5H2,1-3H3,(H,14,15). The van der Waals surface area contributed by atoms with Gasteiger partial charge in [-0.25, -0.2) is 9.59 Å². The molecule has 1 rings (SSSR count). The van der Waals surface area contributed by atoms with Crippen molar-refractivity contribution in [2.24, 2.45) is 0 Å². The molecule has 0 atom stereocenters. The number of carbonyl (C=O) groups is 2. The number of carbonyl (C=O) groups excluding carboxylic acids is 2. The molecule has 0 fully saturated rings. The largest absolute Gasteiger partial charge is 0.513 e. The van der Waals surface area contributed by atoms with E-state index in [1.807, 2.05) is 6.92 Å². The van der Waals surface area contributed by atoms with Crippen LogP contribution in [0.5, 0.6) is 11.5 Å². The Morgan fingerprint density at radius 1 is 1.16 bits per heavy atom. The number of amides is 1. The first-order valence-corrected chi connectivity index (χ1v) is 5.97. The maximum absolute atomic E-state index is 11.4. The van der Waals surface area contributed by atoms with Gasteiger partial charge in [0.2, 0.25) is 0 Å². The minimum atomic E-state index is -0.839. The molecule has 0 saturated carbocycles. The van der Waals surface area contributed by atoms with E-state index < -0.39 is 12.2 Å². The molecule has 6 heteroatoms. The number of rotatable bonds is 4. The fraction of sp³-hybridized carbons (Fsp3) is 0.385. The Morgan fingerprint density at radius 3 is 2.53 bits per heavy atom. The third-order valence-corrected chi connectivity index (χ3v) is 2.08. The van der Waals surface area contributed by atoms with E-state index in [1.54, 1.807) is 32.0 Å². The van der Waals surface area contributed by atoms with E-state index in [2.05, 4.69) is 10.1 Å². The summed E-state index contributed by atoms with van der Waals surface area (Å²) in [6.45, 7) is 5.92. The van der Waals surface area contributed by atoms with Gasteiger partial charge in [0.15, 0.2) is 11.5 Å². The molecule has 0 unspecified atom stereocenters. The number of aryl methyl sites for hydroxylation is 1. The summed E-state index contributed by atoms with van der Waals surface area (Å²) in [6.07, 6.45) is -1.45. The van der Waals surface area contributed by atoms with Gasteiger partial charge in [-0.05, 0) is 38.5 Å². The summed E-state index contributed by atoms with van der Waals surface area (Å²) in [5.41, 5.74) is 0.863. The predicted octanol–water partition coefficient (Wildman–Crippen LogP) is 2.64. The Morgan fingerprint density at radius 2 is 1.89 bits per heavy atom. The summed E-state index contributed by atoms with van der Waals surface area (Å²) in [5, 5.41) is 2.48. The molecule has 0 bridgehead atoms. The Balaban J connectivity index is 2.85. The van der Waals surface area contributed by atoms with Crippen molar-refractivity contribution in [2.75, 3.05) is 13.2 Å². The highest BCUT2D eigenvalue weighted by Crippen LogP contribution is 2.28. The van der Waals surface area contributed by atoms with Gasteiger partial charge < -0.3 is 19.5 Å². The van der Waals surface area contributed by atoms with E-state index in [9.17, 15) is 9.59 Å². The molecular weight excluding hydrogens is 250 g/mol. The van der Waals surface area contributed by atoms with Gasteiger partial charge in [0.1, 0.15) is 0 Å². The molecule has 0 saturated heterocycles. The van der Waals surface area contributed by atoms with Crippen LogP contribution in [0.15, 0.2) is 18.2 Å². The second-order valence-electron chi connectivity index (χ2n) is 3.66. The minimum absolute atomic E-state index is 0.143. The molecule has 1 aromatic rings. The van der Waals surface area contributed by atoms with Crippen molar-refractivity contribution in [3.63, 3.8) is 0 Å². The Kier molecular flexibility index (Phi) is 5.66. The molecule has 0 aliphatic carbocycles. The van der Waals surface area contributed by atoms with Crippen molar-refractivity contribution >= 4 is 12.2 Å². The normalized spacial score (nSPS) is 9.63. The fourth-order valence-electron chi connectivity index (χ4n) is 1.30. The van der Waals surface area contributed by atoms with E-state index in [1.165, 1.54) is 0 Å². The summed E-state index contributed by atoms with van der Waals surface area (Å²) in [4.78, 5) is 22.6. The second kappa shape index (κ2) is 7.25. The van der Waals surface area contributed by atoms with Gasteiger partial charge in [-0.3, -0.25) is 0 Å². The molecular formula is C13H17NO5. The maximum atomic E-state index is 11.4. The number of ether oxygens (including phenoxy) is 3. The highest BCUT2D eigenvalue weighted by molar-refractivity contribution is 5.72. The number of hydrogen-bond donors (Lipinski definition) is 1. The smallest absolute Gasteiger partial charge is 0.434 e. The lowest BCUT2D eigenvalue weighted by molar-refractivity contribution is 0.103. The molecule has 0 spiro atoms. The van der Waals surface area contributed by atoms with Crippen LogP contribution < -0.4 is 14.8 Å². The average molecular weight is 267 g/mol. The van der Waals surface area contributed by atoms with Gasteiger partial charge in [0, 0.05) is 6.54 Å². The first kappa shape index (κ1) is 14.8. The molecule has 19 heavy (non-hydrogen) atoms. The van der Waals surface area contributed by atoms with E-state index in [-0.39, 0.29) is 18.1 Å². The lowest BCUT2D eigenvalue weighted by atomic mass is 10.2. The molecule has 6 nitrogen and oxygen atoms in total. The highest BCUT2D eigenvalue weighted by Gasteiger charge is 2.14. The lowest BCUT2D eigenvalue weighted by Gasteiger charge is -2.11. The van der Waals surface area contributed by atoms with Crippen LogP contribution in [0.3, 0.4) is 0 Å². The van der Waals surface area contributed by atoms with Gasteiger partial charge in [0.05, 0.1) is 6.61 Å². The van der Waals surface area contributed by atoms with Crippen LogP contribution in [0.1, 0.15) is 19.4 Å².